The Morgan fingerprint density at radius 1 is 1.50 bits per heavy atom. The van der Waals surface area contributed by atoms with Crippen molar-refractivity contribution in [2.45, 2.75) is 6.54 Å². The molecule has 2 aromatic rings. The van der Waals surface area contributed by atoms with E-state index < -0.39 is 0 Å². The number of rotatable bonds is 0. The van der Waals surface area contributed by atoms with Gasteiger partial charge in [-0.25, -0.2) is 9.97 Å². The van der Waals surface area contributed by atoms with Crippen molar-refractivity contribution in [3.05, 3.63) is 36.0 Å². The lowest BCUT2D eigenvalue weighted by Gasteiger charge is -2.02. The van der Waals surface area contributed by atoms with E-state index in [-0.39, 0.29) is 5.91 Å². The van der Waals surface area contributed by atoms with Crippen LogP contribution in [0.3, 0.4) is 0 Å². The quantitative estimate of drug-likeness (QED) is 0.703. The maximum Gasteiger partial charge on any atom is 0.268 e. The van der Waals surface area contributed by atoms with Crippen molar-refractivity contribution < 1.29 is 4.79 Å². The molecule has 0 aliphatic carbocycles. The van der Waals surface area contributed by atoms with Gasteiger partial charge >= 0.3 is 0 Å². The summed E-state index contributed by atoms with van der Waals surface area (Å²) in [6.45, 7) is 0.476. The van der Waals surface area contributed by atoms with E-state index in [0.717, 1.165) is 16.8 Å². The molecule has 0 saturated heterocycles. The van der Waals surface area contributed by atoms with Gasteiger partial charge in [-0.3, -0.25) is 4.79 Å². The molecular weight excluding hydrogens is 204 g/mol. The van der Waals surface area contributed by atoms with Crippen molar-refractivity contribution in [1.82, 2.24) is 19.9 Å². The topological polar surface area (TPSA) is 59.8 Å². The molecule has 0 spiro atoms. The summed E-state index contributed by atoms with van der Waals surface area (Å²) in [5.74, 6) is -0.0690. The predicted molar refractivity (Wildman–Crippen MR) is 57.6 cm³/mol. The second-order valence-corrected chi connectivity index (χ2v) is 3.77. The average Bonchev–Trinajstić information content (AvgIpc) is 2.61. The fraction of sp³-hybridized carbons (Fsp3) is 0.182. The molecule has 1 N–H and O–H groups in total. The van der Waals surface area contributed by atoms with Crippen LogP contribution < -0.4 is 5.32 Å². The number of carbonyl (C=O) groups excluding carboxylic acids is 1. The molecule has 1 aliphatic rings. The van der Waals surface area contributed by atoms with E-state index in [1.54, 1.807) is 6.20 Å². The van der Waals surface area contributed by atoms with Gasteiger partial charge in [0.15, 0.2) is 0 Å². The van der Waals surface area contributed by atoms with E-state index in [2.05, 4.69) is 15.3 Å². The lowest BCUT2D eigenvalue weighted by atomic mass is 10.1. The minimum Gasteiger partial charge on any atom is -0.347 e. The molecule has 0 fully saturated rings. The van der Waals surface area contributed by atoms with E-state index >= 15 is 0 Å². The first-order valence-corrected chi connectivity index (χ1v) is 5.00. The van der Waals surface area contributed by atoms with Gasteiger partial charge in [0.05, 0.1) is 5.69 Å². The molecule has 5 nitrogen and oxygen atoms in total. The second-order valence-electron chi connectivity index (χ2n) is 3.77. The SMILES string of the molecule is Cn1ccc2c1C(=O)NCc1cncnc1-2. The van der Waals surface area contributed by atoms with Gasteiger partial charge in [0.2, 0.25) is 0 Å². The summed E-state index contributed by atoms with van der Waals surface area (Å²) in [6, 6.07) is 1.91. The summed E-state index contributed by atoms with van der Waals surface area (Å²) < 4.78 is 1.81. The molecule has 0 atom stereocenters. The smallest absolute Gasteiger partial charge is 0.268 e. The van der Waals surface area contributed by atoms with E-state index in [1.165, 1.54) is 6.33 Å². The fourth-order valence-corrected chi connectivity index (χ4v) is 1.99. The standard InChI is InChI=1S/C11H10N4O/c1-15-3-2-8-9-7(4-12-6-14-9)5-13-11(16)10(8)15/h2-4,6H,5H2,1H3,(H,13,16). The van der Waals surface area contributed by atoms with Crippen LogP contribution >= 0.6 is 0 Å². The Morgan fingerprint density at radius 3 is 3.25 bits per heavy atom. The number of aryl methyl sites for hydroxylation is 1. The van der Waals surface area contributed by atoms with E-state index in [4.69, 9.17) is 0 Å². The van der Waals surface area contributed by atoms with Crippen molar-refractivity contribution >= 4 is 5.91 Å². The van der Waals surface area contributed by atoms with Gasteiger partial charge in [-0.2, -0.15) is 0 Å². The molecule has 1 amide bonds. The zero-order valence-corrected chi connectivity index (χ0v) is 8.77. The Labute approximate surface area is 92.1 Å². The fourth-order valence-electron chi connectivity index (χ4n) is 1.99. The Morgan fingerprint density at radius 2 is 2.38 bits per heavy atom. The third kappa shape index (κ3) is 1.14. The molecule has 0 unspecified atom stereocenters. The van der Waals surface area contributed by atoms with Crippen molar-refractivity contribution in [3.63, 3.8) is 0 Å². The molecule has 0 radical (unpaired) electrons. The van der Waals surface area contributed by atoms with Crippen LogP contribution in [0.25, 0.3) is 11.3 Å². The molecule has 0 saturated carbocycles. The van der Waals surface area contributed by atoms with Gasteiger partial charge < -0.3 is 9.88 Å². The van der Waals surface area contributed by atoms with Crippen LogP contribution in [0.2, 0.25) is 0 Å². The summed E-state index contributed by atoms with van der Waals surface area (Å²) in [5.41, 5.74) is 3.30. The van der Waals surface area contributed by atoms with Crippen molar-refractivity contribution in [3.8, 4) is 11.3 Å². The zero-order valence-electron chi connectivity index (χ0n) is 8.77. The molecule has 3 heterocycles. The highest BCUT2D eigenvalue weighted by Gasteiger charge is 2.23. The highest BCUT2D eigenvalue weighted by Crippen LogP contribution is 2.27. The predicted octanol–water partition coefficient (Wildman–Crippen LogP) is 0.726. The summed E-state index contributed by atoms with van der Waals surface area (Å²) in [4.78, 5) is 20.1. The molecule has 80 valence electrons. The van der Waals surface area contributed by atoms with Gasteiger partial charge in [-0.15, -0.1) is 0 Å². The Bertz CT molecular complexity index is 573. The Hall–Kier alpha value is -2.17. The normalized spacial score (nSPS) is 13.7. The number of nitrogens with one attached hydrogen (secondary N) is 1. The number of hydrogen-bond acceptors (Lipinski definition) is 3. The number of carbonyl (C=O) groups is 1. The minimum absolute atomic E-state index is 0.0690. The number of hydrogen-bond donors (Lipinski definition) is 1. The first-order chi connectivity index (χ1) is 7.77. The Kier molecular flexibility index (Phi) is 1.80. The molecule has 1 aliphatic heterocycles. The monoisotopic (exact) mass is 214 g/mol. The molecule has 16 heavy (non-hydrogen) atoms. The van der Waals surface area contributed by atoms with Crippen LogP contribution in [-0.4, -0.2) is 20.4 Å². The number of fused-ring (bicyclic) bond motifs is 3. The summed E-state index contributed by atoms with van der Waals surface area (Å²) >= 11 is 0. The molecule has 0 bridgehead atoms. The first kappa shape index (κ1) is 9.08. The van der Waals surface area contributed by atoms with Gasteiger partial charge in [0.25, 0.3) is 5.91 Å². The van der Waals surface area contributed by atoms with Crippen LogP contribution in [0.1, 0.15) is 16.1 Å². The van der Waals surface area contributed by atoms with Crippen LogP contribution in [0.15, 0.2) is 24.8 Å². The van der Waals surface area contributed by atoms with Gasteiger partial charge in [-0.1, -0.05) is 0 Å². The maximum absolute atomic E-state index is 11.9. The van der Waals surface area contributed by atoms with Crippen molar-refractivity contribution in [1.29, 1.82) is 0 Å². The van der Waals surface area contributed by atoms with E-state index in [9.17, 15) is 4.79 Å². The summed E-state index contributed by atoms with van der Waals surface area (Å²) in [6.07, 6.45) is 5.11. The lowest BCUT2D eigenvalue weighted by Crippen LogP contribution is -2.23. The molecule has 5 heteroatoms. The average molecular weight is 214 g/mol. The van der Waals surface area contributed by atoms with E-state index in [1.807, 2.05) is 23.9 Å². The van der Waals surface area contributed by atoms with Gasteiger partial charge in [0, 0.05) is 37.1 Å². The molecular formula is C11H10N4O. The van der Waals surface area contributed by atoms with E-state index in [0.29, 0.717) is 12.2 Å². The van der Waals surface area contributed by atoms with Crippen molar-refractivity contribution in [2.24, 2.45) is 7.05 Å². The van der Waals surface area contributed by atoms with Crippen molar-refractivity contribution in [2.75, 3.05) is 0 Å². The largest absolute Gasteiger partial charge is 0.347 e. The van der Waals surface area contributed by atoms with Crippen LogP contribution in [0, 0.1) is 0 Å². The highest BCUT2D eigenvalue weighted by molar-refractivity contribution is 6.00. The molecule has 2 aromatic heterocycles. The summed E-state index contributed by atoms with van der Waals surface area (Å²) in [5, 5.41) is 2.84. The minimum atomic E-state index is -0.0690. The number of nitrogens with zero attached hydrogens (tertiary/aromatic N) is 3. The highest BCUT2D eigenvalue weighted by atomic mass is 16.1. The van der Waals surface area contributed by atoms with Crippen LogP contribution in [0.5, 0.6) is 0 Å². The number of aromatic nitrogens is 3. The Balaban J connectivity index is 2.33. The summed E-state index contributed by atoms with van der Waals surface area (Å²) in [7, 11) is 1.85. The molecule has 3 rings (SSSR count). The van der Waals surface area contributed by atoms with Gasteiger partial charge in [-0.05, 0) is 6.07 Å². The first-order valence-electron chi connectivity index (χ1n) is 5.00. The van der Waals surface area contributed by atoms with Gasteiger partial charge in [0.1, 0.15) is 12.0 Å². The number of amides is 1. The lowest BCUT2D eigenvalue weighted by molar-refractivity contribution is 0.0945. The molecule has 0 aromatic carbocycles. The maximum atomic E-state index is 11.9. The van der Waals surface area contributed by atoms with Crippen LogP contribution in [0.4, 0.5) is 0 Å². The third-order valence-electron chi connectivity index (χ3n) is 2.77. The third-order valence-corrected chi connectivity index (χ3v) is 2.77. The zero-order chi connectivity index (χ0) is 11.1. The second kappa shape index (κ2) is 3.16. The van der Waals surface area contributed by atoms with Crippen LogP contribution in [-0.2, 0) is 13.6 Å².